The van der Waals surface area contributed by atoms with Crippen molar-refractivity contribution in [1.29, 1.82) is 5.26 Å². The van der Waals surface area contributed by atoms with Gasteiger partial charge in [-0.3, -0.25) is 0 Å². The second-order valence-corrected chi connectivity index (χ2v) is 4.44. The van der Waals surface area contributed by atoms with E-state index in [1.165, 1.54) is 10.9 Å². The molecule has 0 fully saturated rings. The first-order valence-corrected chi connectivity index (χ1v) is 5.01. The second kappa shape index (κ2) is 3.13. The summed E-state index contributed by atoms with van der Waals surface area (Å²) in [6, 6.07) is 10.6. The van der Waals surface area contributed by atoms with Crippen LogP contribution in [0, 0.1) is 11.3 Å². The molecule has 0 saturated carbocycles. The average molecular weight is 198 g/mol. The third-order valence-electron chi connectivity index (χ3n) is 2.89. The predicted octanol–water partition coefficient (Wildman–Crippen LogP) is 2.98. The minimum atomic E-state index is -0.413. The molecule has 2 nitrogen and oxygen atoms in total. The molecule has 0 spiro atoms. The molecule has 2 heteroatoms. The predicted molar refractivity (Wildman–Crippen MR) is 61.6 cm³/mol. The van der Waals surface area contributed by atoms with Crippen LogP contribution in [0.1, 0.15) is 19.4 Å². The SMILES string of the molecule is Cn1ccc2cc(C(C)(C)C#N)ccc21. The van der Waals surface area contributed by atoms with E-state index in [-0.39, 0.29) is 0 Å². The zero-order valence-corrected chi connectivity index (χ0v) is 9.28. The number of fused-ring (bicyclic) bond motifs is 1. The van der Waals surface area contributed by atoms with Crippen molar-refractivity contribution in [3.05, 3.63) is 36.0 Å². The van der Waals surface area contributed by atoms with Crippen LogP contribution in [0.15, 0.2) is 30.5 Å². The van der Waals surface area contributed by atoms with Gasteiger partial charge in [-0.15, -0.1) is 0 Å². The lowest BCUT2D eigenvalue weighted by molar-refractivity contribution is 0.688. The third kappa shape index (κ3) is 1.50. The Morgan fingerprint density at radius 3 is 2.67 bits per heavy atom. The fourth-order valence-corrected chi connectivity index (χ4v) is 1.73. The molecule has 2 aromatic rings. The average Bonchev–Trinajstić information content (AvgIpc) is 2.60. The minimum Gasteiger partial charge on any atom is -0.351 e. The molecule has 0 aliphatic carbocycles. The summed E-state index contributed by atoms with van der Waals surface area (Å²) in [6.07, 6.45) is 2.04. The molecule has 0 amide bonds. The van der Waals surface area contributed by atoms with Crippen LogP contribution in [0.2, 0.25) is 0 Å². The van der Waals surface area contributed by atoms with Crippen LogP contribution in [0.4, 0.5) is 0 Å². The van der Waals surface area contributed by atoms with Gasteiger partial charge >= 0.3 is 0 Å². The topological polar surface area (TPSA) is 28.7 Å². The highest BCUT2D eigenvalue weighted by Gasteiger charge is 2.19. The van der Waals surface area contributed by atoms with Gasteiger partial charge in [-0.2, -0.15) is 5.26 Å². The van der Waals surface area contributed by atoms with Crippen molar-refractivity contribution in [2.45, 2.75) is 19.3 Å². The molecular weight excluding hydrogens is 184 g/mol. The molecule has 0 N–H and O–H groups in total. The lowest BCUT2D eigenvalue weighted by Gasteiger charge is -2.15. The smallest absolute Gasteiger partial charge is 0.0766 e. The quantitative estimate of drug-likeness (QED) is 0.692. The van der Waals surface area contributed by atoms with Crippen LogP contribution < -0.4 is 0 Å². The van der Waals surface area contributed by atoms with Gasteiger partial charge in [-0.05, 0) is 43.0 Å². The summed E-state index contributed by atoms with van der Waals surface area (Å²) in [5.41, 5.74) is 1.86. The Hall–Kier alpha value is -1.75. The van der Waals surface area contributed by atoms with E-state index in [1.54, 1.807) is 0 Å². The van der Waals surface area contributed by atoms with Crippen molar-refractivity contribution in [2.24, 2.45) is 7.05 Å². The highest BCUT2D eigenvalue weighted by Crippen LogP contribution is 2.26. The van der Waals surface area contributed by atoms with Gasteiger partial charge in [0.2, 0.25) is 0 Å². The Kier molecular flexibility index (Phi) is 2.04. The monoisotopic (exact) mass is 198 g/mol. The Morgan fingerprint density at radius 2 is 2.00 bits per heavy atom. The number of aryl methyl sites for hydroxylation is 1. The number of nitriles is 1. The van der Waals surface area contributed by atoms with Gasteiger partial charge < -0.3 is 4.57 Å². The highest BCUT2D eigenvalue weighted by atomic mass is 14.9. The van der Waals surface area contributed by atoms with Crippen LogP contribution in [-0.2, 0) is 12.5 Å². The first-order chi connectivity index (χ1) is 7.04. The van der Waals surface area contributed by atoms with Gasteiger partial charge in [0, 0.05) is 18.8 Å². The van der Waals surface area contributed by atoms with Crippen molar-refractivity contribution in [3.8, 4) is 6.07 Å². The van der Waals surface area contributed by atoms with Gasteiger partial charge in [0.15, 0.2) is 0 Å². The van der Waals surface area contributed by atoms with Crippen LogP contribution in [-0.4, -0.2) is 4.57 Å². The molecule has 1 aromatic carbocycles. The van der Waals surface area contributed by atoms with E-state index in [0.29, 0.717) is 0 Å². The van der Waals surface area contributed by atoms with E-state index in [0.717, 1.165) is 5.56 Å². The molecule has 15 heavy (non-hydrogen) atoms. The minimum absolute atomic E-state index is 0.413. The molecule has 0 saturated heterocycles. The van der Waals surface area contributed by atoms with Crippen LogP contribution in [0.5, 0.6) is 0 Å². The van der Waals surface area contributed by atoms with E-state index in [1.807, 2.05) is 33.2 Å². The highest BCUT2D eigenvalue weighted by molar-refractivity contribution is 5.81. The molecule has 76 valence electrons. The summed E-state index contributed by atoms with van der Waals surface area (Å²) in [5, 5.41) is 10.3. The van der Waals surface area contributed by atoms with Gasteiger partial charge in [-0.25, -0.2) is 0 Å². The van der Waals surface area contributed by atoms with Crippen LogP contribution in [0.25, 0.3) is 10.9 Å². The van der Waals surface area contributed by atoms with Crippen molar-refractivity contribution >= 4 is 10.9 Å². The maximum absolute atomic E-state index is 9.07. The number of rotatable bonds is 1. The maximum Gasteiger partial charge on any atom is 0.0766 e. The fourth-order valence-electron chi connectivity index (χ4n) is 1.73. The number of hydrogen-bond donors (Lipinski definition) is 0. The second-order valence-electron chi connectivity index (χ2n) is 4.44. The Balaban J connectivity index is 2.63. The summed E-state index contributed by atoms with van der Waals surface area (Å²) in [4.78, 5) is 0. The molecule has 2 rings (SSSR count). The lowest BCUT2D eigenvalue weighted by Crippen LogP contribution is -2.13. The molecule has 0 unspecified atom stereocenters. The first kappa shape index (κ1) is 9.79. The largest absolute Gasteiger partial charge is 0.351 e. The number of hydrogen-bond acceptors (Lipinski definition) is 1. The van der Waals surface area contributed by atoms with Crippen LogP contribution >= 0.6 is 0 Å². The molecule has 0 atom stereocenters. The summed E-state index contributed by atoms with van der Waals surface area (Å²) in [7, 11) is 2.03. The summed E-state index contributed by atoms with van der Waals surface area (Å²) < 4.78 is 2.08. The van der Waals surface area contributed by atoms with E-state index < -0.39 is 5.41 Å². The van der Waals surface area contributed by atoms with E-state index >= 15 is 0 Å². The van der Waals surface area contributed by atoms with Crippen molar-refractivity contribution < 1.29 is 0 Å². The molecule has 0 radical (unpaired) electrons. The summed E-state index contributed by atoms with van der Waals surface area (Å²) in [6.45, 7) is 3.88. The Labute approximate surface area is 89.7 Å². The molecular formula is C13H14N2. The van der Waals surface area contributed by atoms with Gasteiger partial charge in [0.1, 0.15) is 0 Å². The van der Waals surface area contributed by atoms with E-state index in [2.05, 4.69) is 28.8 Å². The molecule has 1 heterocycles. The van der Waals surface area contributed by atoms with Gasteiger partial charge in [0.05, 0.1) is 11.5 Å². The van der Waals surface area contributed by atoms with Crippen molar-refractivity contribution in [1.82, 2.24) is 4.57 Å². The molecule has 0 bridgehead atoms. The van der Waals surface area contributed by atoms with Crippen LogP contribution in [0.3, 0.4) is 0 Å². The van der Waals surface area contributed by atoms with Gasteiger partial charge in [-0.1, -0.05) is 6.07 Å². The zero-order chi connectivity index (χ0) is 11.1. The first-order valence-electron chi connectivity index (χ1n) is 5.01. The lowest BCUT2D eigenvalue weighted by atomic mass is 9.86. The summed E-state index contributed by atoms with van der Waals surface area (Å²) >= 11 is 0. The Morgan fingerprint density at radius 1 is 1.27 bits per heavy atom. The molecule has 0 aliphatic heterocycles. The standard InChI is InChI=1S/C13H14N2/c1-13(2,9-14)11-4-5-12-10(8-11)6-7-15(12)3/h4-8H,1-3H3. The molecule has 1 aromatic heterocycles. The van der Waals surface area contributed by atoms with Crippen molar-refractivity contribution in [3.63, 3.8) is 0 Å². The Bertz CT molecular complexity index is 541. The zero-order valence-electron chi connectivity index (χ0n) is 9.28. The van der Waals surface area contributed by atoms with E-state index in [4.69, 9.17) is 5.26 Å². The molecule has 0 aliphatic rings. The van der Waals surface area contributed by atoms with E-state index in [9.17, 15) is 0 Å². The third-order valence-corrected chi connectivity index (χ3v) is 2.89. The fraction of sp³-hybridized carbons (Fsp3) is 0.308. The number of benzene rings is 1. The maximum atomic E-state index is 9.07. The number of aromatic nitrogens is 1. The number of nitrogens with zero attached hydrogens (tertiary/aromatic N) is 2. The van der Waals surface area contributed by atoms with Gasteiger partial charge in [0.25, 0.3) is 0 Å². The summed E-state index contributed by atoms with van der Waals surface area (Å²) in [5.74, 6) is 0. The normalized spacial score (nSPS) is 11.6. The van der Waals surface area contributed by atoms with Crippen molar-refractivity contribution in [2.75, 3.05) is 0 Å².